The van der Waals surface area contributed by atoms with Crippen molar-refractivity contribution in [1.29, 1.82) is 0 Å². The molecule has 0 bridgehead atoms. The smallest absolute Gasteiger partial charge is 0.322 e. The molecule has 0 spiro atoms. The van der Waals surface area contributed by atoms with Crippen molar-refractivity contribution in [3.8, 4) is 0 Å². The van der Waals surface area contributed by atoms with Crippen molar-refractivity contribution in [1.82, 2.24) is 5.32 Å². The molecule has 1 aromatic carbocycles. The molecule has 0 heterocycles. The fourth-order valence-electron chi connectivity index (χ4n) is 2.74. The highest BCUT2D eigenvalue weighted by Gasteiger charge is 2.17. The molecule has 0 fully saturated rings. The van der Waals surface area contributed by atoms with Gasteiger partial charge in [-0.25, -0.2) is 0 Å². The maximum absolute atomic E-state index is 11.4. The van der Waals surface area contributed by atoms with Gasteiger partial charge >= 0.3 is 5.97 Å². The lowest BCUT2D eigenvalue weighted by Gasteiger charge is -2.22. The molecule has 0 saturated heterocycles. The molecule has 1 aromatic rings. The maximum Gasteiger partial charge on any atom is 0.322 e. The summed E-state index contributed by atoms with van der Waals surface area (Å²) in [5, 5.41) is 3.28. The van der Waals surface area contributed by atoms with Crippen molar-refractivity contribution in [3.05, 3.63) is 34.9 Å². The van der Waals surface area contributed by atoms with Gasteiger partial charge in [-0.05, 0) is 56.2 Å². The van der Waals surface area contributed by atoms with Crippen LogP contribution in [0, 0.1) is 0 Å². The fourth-order valence-corrected chi connectivity index (χ4v) is 2.74. The first-order chi connectivity index (χ1) is 9.11. The van der Waals surface area contributed by atoms with Gasteiger partial charge < -0.3 is 4.74 Å². The number of benzene rings is 1. The molecule has 0 aliphatic heterocycles. The van der Waals surface area contributed by atoms with Gasteiger partial charge in [-0.2, -0.15) is 0 Å². The molecule has 0 radical (unpaired) electrons. The summed E-state index contributed by atoms with van der Waals surface area (Å²) in [6.45, 7) is 3.92. The third-order valence-corrected chi connectivity index (χ3v) is 3.93. The zero-order chi connectivity index (χ0) is 13.8. The first-order valence-corrected chi connectivity index (χ1v) is 7.07. The summed E-state index contributed by atoms with van der Waals surface area (Å²) >= 11 is 0. The van der Waals surface area contributed by atoms with E-state index in [9.17, 15) is 4.79 Å². The first kappa shape index (κ1) is 14.1. The summed E-state index contributed by atoms with van der Waals surface area (Å²) in [6.07, 6.45) is 4.98. The molecule has 1 unspecified atom stereocenters. The van der Waals surface area contributed by atoms with Gasteiger partial charge in [0.15, 0.2) is 0 Å². The number of hydrogen-bond acceptors (Lipinski definition) is 3. The van der Waals surface area contributed by atoms with E-state index < -0.39 is 0 Å². The van der Waals surface area contributed by atoms with Crippen LogP contribution in [-0.2, 0) is 22.4 Å². The van der Waals surface area contributed by atoms with Crippen LogP contribution >= 0.6 is 0 Å². The normalized spacial score (nSPS) is 17.4. The first-order valence-electron chi connectivity index (χ1n) is 7.07. The highest BCUT2D eigenvalue weighted by Crippen LogP contribution is 2.24. The fraction of sp³-hybridized carbons (Fsp3) is 0.562. The van der Waals surface area contributed by atoms with E-state index in [0.29, 0.717) is 0 Å². The van der Waals surface area contributed by atoms with Crippen LogP contribution in [0.15, 0.2) is 18.2 Å². The number of hydrogen-bond donors (Lipinski definition) is 1. The van der Waals surface area contributed by atoms with Crippen LogP contribution in [0.5, 0.6) is 0 Å². The Kier molecular flexibility index (Phi) is 4.59. The van der Waals surface area contributed by atoms with E-state index in [-0.39, 0.29) is 18.1 Å². The number of ether oxygens (including phenoxy) is 1. The molecule has 1 N–H and O–H groups in total. The molecule has 104 valence electrons. The molecule has 0 saturated carbocycles. The topological polar surface area (TPSA) is 38.3 Å². The van der Waals surface area contributed by atoms with Crippen molar-refractivity contribution < 1.29 is 9.53 Å². The summed E-state index contributed by atoms with van der Waals surface area (Å²) in [5.41, 5.74) is 4.21. The van der Waals surface area contributed by atoms with Crippen LogP contribution in [0.2, 0.25) is 0 Å². The summed E-state index contributed by atoms with van der Waals surface area (Å²) in [5.74, 6) is -0.218. The summed E-state index contributed by atoms with van der Waals surface area (Å²) in [7, 11) is 1.42. The predicted octanol–water partition coefficient (Wildman–Crippen LogP) is 2.78. The molecule has 0 amide bonds. The Balaban J connectivity index is 2.07. The summed E-state index contributed by atoms with van der Waals surface area (Å²) in [6, 6.07) is 6.57. The second-order valence-electron chi connectivity index (χ2n) is 5.37. The lowest BCUT2D eigenvalue weighted by Crippen LogP contribution is -2.36. The number of rotatable bonds is 4. The lowest BCUT2D eigenvalue weighted by molar-refractivity contribution is -0.142. The number of esters is 1. The van der Waals surface area contributed by atoms with E-state index >= 15 is 0 Å². The Bertz CT molecular complexity index is 456. The van der Waals surface area contributed by atoms with Gasteiger partial charge in [0.2, 0.25) is 0 Å². The zero-order valence-corrected chi connectivity index (χ0v) is 12.0. The van der Waals surface area contributed by atoms with Gasteiger partial charge in [-0.3, -0.25) is 10.1 Å². The van der Waals surface area contributed by atoms with Gasteiger partial charge in [0.05, 0.1) is 7.11 Å². The number of carbonyl (C=O) groups excluding carboxylic acids is 1. The molecule has 2 atom stereocenters. The van der Waals surface area contributed by atoms with Crippen LogP contribution in [0.3, 0.4) is 0 Å². The standard InChI is InChI=1S/C16H23NO2/c1-11(17-12(2)16(18)19-3)14-9-8-13-6-4-5-7-15(13)10-14/h8-12,17H,4-7H2,1-3H3/t11?,12-/m0/s1. The highest BCUT2D eigenvalue weighted by atomic mass is 16.5. The van der Waals surface area contributed by atoms with Gasteiger partial charge in [0.25, 0.3) is 0 Å². The average molecular weight is 261 g/mol. The molecular weight excluding hydrogens is 238 g/mol. The van der Waals surface area contributed by atoms with Crippen molar-refractivity contribution in [3.63, 3.8) is 0 Å². The second kappa shape index (κ2) is 6.20. The molecule has 1 aliphatic rings. The SMILES string of the molecule is COC(=O)[C@H](C)NC(C)c1ccc2c(c1)CCCC2. The summed E-state index contributed by atoms with van der Waals surface area (Å²) in [4.78, 5) is 11.4. The van der Waals surface area contributed by atoms with Crippen LogP contribution in [0.4, 0.5) is 0 Å². The van der Waals surface area contributed by atoms with Crippen molar-refractivity contribution in [2.75, 3.05) is 7.11 Å². The van der Waals surface area contributed by atoms with Gasteiger partial charge in [0, 0.05) is 6.04 Å². The maximum atomic E-state index is 11.4. The lowest BCUT2D eigenvalue weighted by atomic mass is 9.89. The van der Waals surface area contributed by atoms with E-state index in [2.05, 4.69) is 30.4 Å². The van der Waals surface area contributed by atoms with E-state index in [1.165, 1.54) is 49.5 Å². The second-order valence-corrected chi connectivity index (χ2v) is 5.37. The molecule has 19 heavy (non-hydrogen) atoms. The zero-order valence-electron chi connectivity index (χ0n) is 12.0. The number of carbonyl (C=O) groups is 1. The van der Waals surface area contributed by atoms with E-state index in [1.807, 2.05) is 6.92 Å². The predicted molar refractivity (Wildman–Crippen MR) is 76.1 cm³/mol. The number of aryl methyl sites for hydroxylation is 2. The van der Waals surface area contributed by atoms with Gasteiger partial charge in [-0.15, -0.1) is 0 Å². The van der Waals surface area contributed by atoms with Crippen LogP contribution in [0.1, 0.15) is 49.4 Å². The molecule has 2 rings (SSSR count). The van der Waals surface area contributed by atoms with Crippen LogP contribution < -0.4 is 5.32 Å². The highest BCUT2D eigenvalue weighted by molar-refractivity contribution is 5.75. The Morgan fingerprint density at radius 3 is 2.58 bits per heavy atom. The molecule has 3 heteroatoms. The van der Waals surface area contributed by atoms with Gasteiger partial charge in [-0.1, -0.05) is 18.2 Å². The van der Waals surface area contributed by atoms with Gasteiger partial charge in [0.1, 0.15) is 6.04 Å². The molecule has 0 aromatic heterocycles. The minimum Gasteiger partial charge on any atom is -0.468 e. The number of fused-ring (bicyclic) bond motifs is 1. The Morgan fingerprint density at radius 1 is 1.21 bits per heavy atom. The molecule has 3 nitrogen and oxygen atoms in total. The van der Waals surface area contributed by atoms with Crippen LogP contribution in [-0.4, -0.2) is 19.1 Å². The van der Waals surface area contributed by atoms with E-state index in [4.69, 9.17) is 4.74 Å². The minimum absolute atomic E-state index is 0.154. The summed E-state index contributed by atoms with van der Waals surface area (Å²) < 4.78 is 4.74. The quantitative estimate of drug-likeness (QED) is 0.847. The Morgan fingerprint density at radius 2 is 1.89 bits per heavy atom. The number of methoxy groups -OCH3 is 1. The monoisotopic (exact) mass is 261 g/mol. The third-order valence-electron chi connectivity index (χ3n) is 3.93. The van der Waals surface area contributed by atoms with E-state index in [1.54, 1.807) is 0 Å². The van der Waals surface area contributed by atoms with Crippen LogP contribution in [0.25, 0.3) is 0 Å². The Hall–Kier alpha value is -1.35. The minimum atomic E-state index is -0.281. The Labute approximate surface area is 115 Å². The largest absolute Gasteiger partial charge is 0.468 e. The third kappa shape index (κ3) is 3.35. The van der Waals surface area contributed by atoms with Crippen molar-refractivity contribution in [2.24, 2.45) is 0 Å². The average Bonchev–Trinajstić information content (AvgIpc) is 2.45. The van der Waals surface area contributed by atoms with Crippen molar-refractivity contribution >= 4 is 5.97 Å². The van der Waals surface area contributed by atoms with E-state index in [0.717, 1.165) is 0 Å². The molecular formula is C16H23NO2. The molecule has 1 aliphatic carbocycles. The van der Waals surface area contributed by atoms with Crippen molar-refractivity contribution in [2.45, 2.75) is 51.6 Å². The number of nitrogens with one attached hydrogen (secondary N) is 1.